The monoisotopic (exact) mass is 385 g/mol. The van der Waals surface area contributed by atoms with Crippen molar-refractivity contribution in [3.63, 3.8) is 0 Å². The summed E-state index contributed by atoms with van der Waals surface area (Å²) >= 11 is 0. The van der Waals surface area contributed by atoms with Crippen LogP contribution in [-0.2, 0) is 17.8 Å². The van der Waals surface area contributed by atoms with E-state index < -0.39 is 0 Å². The number of benzene rings is 2. The first-order chi connectivity index (χ1) is 14.2. The van der Waals surface area contributed by atoms with Crippen molar-refractivity contribution in [3.8, 4) is 17.0 Å². The molecular formula is C24H23N3O2. The third kappa shape index (κ3) is 4.29. The van der Waals surface area contributed by atoms with Crippen molar-refractivity contribution in [3.05, 3.63) is 84.2 Å². The van der Waals surface area contributed by atoms with Gasteiger partial charge in [-0.3, -0.25) is 9.78 Å². The summed E-state index contributed by atoms with van der Waals surface area (Å²) in [6, 6.07) is 20.0. The SMILES string of the molecule is COc1ccc(-c2[nH]c3ccccc3c2CCC(=O)NCc2cccnc2)cc1. The second-order valence-corrected chi connectivity index (χ2v) is 6.89. The predicted octanol–water partition coefficient (Wildman–Crippen LogP) is 4.49. The van der Waals surface area contributed by atoms with Gasteiger partial charge in [-0.2, -0.15) is 0 Å². The van der Waals surface area contributed by atoms with Crippen LogP contribution in [0.3, 0.4) is 0 Å². The first-order valence-corrected chi connectivity index (χ1v) is 9.64. The van der Waals surface area contributed by atoms with Crippen molar-refractivity contribution in [2.24, 2.45) is 0 Å². The van der Waals surface area contributed by atoms with E-state index in [9.17, 15) is 4.79 Å². The van der Waals surface area contributed by atoms with E-state index in [2.05, 4.69) is 27.4 Å². The Balaban J connectivity index is 1.53. The quantitative estimate of drug-likeness (QED) is 0.493. The highest BCUT2D eigenvalue weighted by molar-refractivity contribution is 5.91. The van der Waals surface area contributed by atoms with E-state index in [1.54, 1.807) is 19.5 Å². The molecule has 2 aromatic heterocycles. The summed E-state index contributed by atoms with van der Waals surface area (Å²) in [7, 11) is 1.66. The van der Waals surface area contributed by atoms with Crippen LogP contribution in [0.1, 0.15) is 17.5 Å². The van der Waals surface area contributed by atoms with Gasteiger partial charge in [-0.15, -0.1) is 0 Å². The number of nitrogens with zero attached hydrogens (tertiary/aromatic N) is 1. The number of rotatable bonds is 7. The number of H-pyrrole nitrogens is 1. The van der Waals surface area contributed by atoms with Crippen LogP contribution in [0.4, 0.5) is 0 Å². The first-order valence-electron chi connectivity index (χ1n) is 9.64. The van der Waals surface area contributed by atoms with Crippen LogP contribution in [0.25, 0.3) is 22.2 Å². The fourth-order valence-electron chi connectivity index (χ4n) is 3.49. The molecule has 4 rings (SSSR count). The zero-order chi connectivity index (χ0) is 20.1. The van der Waals surface area contributed by atoms with Crippen molar-refractivity contribution in [2.75, 3.05) is 7.11 Å². The minimum atomic E-state index is 0.0276. The highest BCUT2D eigenvalue weighted by Crippen LogP contribution is 2.32. The average Bonchev–Trinajstić information content (AvgIpc) is 3.15. The van der Waals surface area contributed by atoms with Crippen molar-refractivity contribution in [2.45, 2.75) is 19.4 Å². The number of pyridine rings is 1. The Labute approximate surface area is 169 Å². The van der Waals surface area contributed by atoms with Crippen LogP contribution in [-0.4, -0.2) is 23.0 Å². The molecule has 4 aromatic rings. The topological polar surface area (TPSA) is 67.0 Å². The van der Waals surface area contributed by atoms with Crippen molar-refractivity contribution in [1.82, 2.24) is 15.3 Å². The summed E-state index contributed by atoms with van der Waals surface area (Å²) in [4.78, 5) is 20.0. The zero-order valence-corrected chi connectivity index (χ0v) is 16.3. The molecule has 0 unspecified atom stereocenters. The Morgan fingerprint density at radius 3 is 2.66 bits per heavy atom. The molecule has 0 aliphatic heterocycles. The van der Waals surface area contributed by atoms with E-state index in [-0.39, 0.29) is 5.91 Å². The molecule has 29 heavy (non-hydrogen) atoms. The number of para-hydroxylation sites is 1. The number of hydrogen-bond donors (Lipinski definition) is 2. The van der Waals surface area contributed by atoms with E-state index in [4.69, 9.17) is 4.74 Å². The number of amides is 1. The number of carbonyl (C=O) groups is 1. The van der Waals surface area contributed by atoms with Gasteiger partial charge < -0.3 is 15.0 Å². The van der Waals surface area contributed by atoms with Gasteiger partial charge in [0.1, 0.15) is 5.75 Å². The molecule has 0 aliphatic rings. The van der Waals surface area contributed by atoms with Crippen LogP contribution in [0.15, 0.2) is 73.1 Å². The lowest BCUT2D eigenvalue weighted by atomic mass is 10.0. The number of methoxy groups -OCH3 is 1. The van der Waals surface area contributed by atoms with Gasteiger partial charge >= 0.3 is 0 Å². The largest absolute Gasteiger partial charge is 0.497 e. The molecule has 2 heterocycles. The molecule has 5 heteroatoms. The minimum Gasteiger partial charge on any atom is -0.497 e. The standard InChI is InChI=1S/C24H23N3O2/c1-29-19-10-8-18(9-11-19)24-21(20-6-2-3-7-22(20)27-24)12-13-23(28)26-16-17-5-4-14-25-15-17/h2-11,14-15,27H,12-13,16H2,1H3,(H,26,28). The Morgan fingerprint density at radius 2 is 1.90 bits per heavy atom. The molecule has 0 saturated carbocycles. The maximum absolute atomic E-state index is 12.4. The molecule has 0 saturated heterocycles. The van der Waals surface area contributed by atoms with Gasteiger partial charge in [-0.25, -0.2) is 0 Å². The van der Waals surface area contributed by atoms with Crippen molar-refractivity contribution >= 4 is 16.8 Å². The van der Waals surface area contributed by atoms with Crippen molar-refractivity contribution < 1.29 is 9.53 Å². The molecule has 2 aromatic carbocycles. The molecule has 0 aliphatic carbocycles. The number of nitrogens with one attached hydrogen (secondary N) is 2. The number of ether oxygens (including phenoxy) is 1. The zero-order valence-electron chi connectivity index (χ0n) is 16.3. The first kappa shape index (κ1) is 18.7. The summed E-state index contributed by atoms with van der Waals surface area (Å²) in [5.41, 5.74) is 5.35. The number of fused-ring (bicyclic) bond motifs is 1. The number of hydrogen-bond acceptors (Lipinski definition) is 3. The third-order valence-electron chi connectivity index (χ3n) is 5.01. The van der Waals surface area contributed by atoms with Crippen LogP contribution >= 0.6 is 0 Å². The summed E-state index contributed by atoms with van der Waals surface area (Å²) in [6.07, 6.45) is 4.57. The Kier molecular flexibility index (Phi) is 5.56. The molecule has 1 amide bonds. The molecule has 146 valence electrons. The molecular weight excluding hydrogens is 362 g/mol. The number of aromatic nitrogens is 2. The van der Waals surface area contributed by atoms with Crippen LogP contribution in [0.5, 0.6) is 5.75 Å². The molecule has 0 bridgehead atoms. The van der Waals surface area contributed by atoms with Gasteiger partial charge in [0.05, 0.1) is 7.11 Å². The number of aryl methyl sites for hydroxylation is 1. The maximum Gasteiger partial charge on any atom is 0.220 e. The van der Waals surface area contributed by atoms with E-state index in [1.165, 1.54) is 0 Å². The molecule has 0 atom stereocenters. The second-order valence-electron chi connectivity index (χ2n) is 6.89. The number of aromatic amines is 1. The van der Waals surface area contributed by atoms with Crippen LogP contribution in [0, 0.1) is 0 Å². The van der Waals surface area contributed by atoms with Crippen LogP contribution < -0.4 is 10.1 Å². The van der Waals surface area contributed by atoms with Gasteiger partial charge in [-0.05, 0) is 59.5 Å². The Bertz CT molecular complexity index is 1100. The molecule has 2 N–H and O–H groups in total. The lowest BCUT2D eigenvalue weighted by molar-refractivity contribution is -0.121. The second kappa shape index (κ2) is 8.61. The third-order valence-corrected chi connectivity index (χ3v) is 5.01. The van der Waals surface area contributed by atoms with Gasteiger partial charge in [0.2, 0.25) is 5.91 Å². The lowest BCUT2D eigenvalue weighted by Crippen LogP contribution is -2.23. The summed E-state index contributed by atoms with van der Waals surface area (Å²) in [5.74, 6) is 0.848. The van der Waals surface area contributed by atoms with Gasteiger partial charge in [0.25, 0.3) is 0 Å². The maximum atomic E-state index is 12.4. The van der Waals surface area contributed by atoms with Crippen molar-refractivity contribution in [1.29, 1.82) is 0 Å². The normalized spacial score (nSPS) is 10.8. The fourth-order valence-corrected chi connectivity index (χ4v) is 3.49. The highest BCUT2D eigenvalue weighted by Gasteiger charge is 2.14. The molecule has 0 radical (unpaired) electrons. The number of carbonyl (C=O) groups excluding carboxylic acids is 1. The minimum absolute atomic E-state index is 0.0276. The Hall–Kier alpha value is -3.60. The summed E-state index contributed by atoms with van der Waals surface area (Å²) in [5, 5.41) is 4.13. The molecule has 5 nitrogen and oxygen atoms in total. The highest BCUT2D eigenvalue weighted by atomic mass is 16.5. The molecule has 0 fully saturated rings. The fraction of sp³-hybridized carbons (Fsp3) is 0.167. The smallest absolute Gasteiger partial charge is 0.220 e. The van der Waals surface area contributed by atoms with E-state index >= 15 is 0 Å². The van der Waals surface area contributed by atoms with Gasteiger partial charge in [-0.1, -0.05) is 24.3 Å². The van der Waals surface area contributed by atoms with Crippen LogP contribution in [0.2, 0.25) is 0 Å². The van der Waals surface area contributed by atoms with E-state index in [0.29, 0.717) is 19.4 Å². The van der Waals surface area contributed by atoms with E-state index in [0.717, 1.165) is 39.0 Å². The molecule has 0 spiro atoms. The van der Waals surface area contributed by atoms with E-state index in [1.807, 2.05) is 48.5 Å². The summed E-state index contributed by atoms with van der Waals surface area (Å²) in [6.45, 7) is 0.492. The predicted molar refractivity (Wildman–Crippen MR) is 115 cm³/mol. The average molecular weight is 385 g/mol. The summed E-state index contributed by atoms with van der Waals surface area (Å²) < 4.78 is 5.27. The Morgan fingerprint density at radius 1 is 1.07 bits per heavy atom. The van der Waals surface area contributed by atoms with Gasteiger partial charge in [0.15, 0.2) is 0 Å². The van der Waals surface area contributed by atoms with Gasteiger partial charge in [0, 0.05) is 42.0 Å². The lowest BCUT2D eigenvalue weighted by Gasteiger charge is -2.08.